The summed E-state index contributed by atoms with van der Waals surface area (Å²) < 4.78 is 74.1. The molecule has 0 bridgehead atoms. The number of hydrogen-bond acceptors (Lipinski definition) is 3. The SMILES string of the molecule is CC(Br)C(=O)c1cc(SC(F)(F)F)ccc1SC(F)(F)F. The predicted molar refractivity (Wildman–Crippen MR) is 73.0 cm³/mol. The normalized spacial score (nSPS) is 14.1. The first-order valence-corrected chi connectivity index (χ1v) is 7.78. The fourth-order valence-electron chi connectivity index (χ4n) is 1.33. The fourth-order valence-corrected chi connectivity index (χ4v) is 2.81. The molecule has 118 valence electrons. The topological polar surface area (TPSA) is 17.1 Å². The molecule has 10 heteroatoms. The molecule has 1 aromatic carbocycles. The van der Waals surface area contributed by atoms with Gasteiger partial charge in [0.1, 0.15) is 0 Å². The van der Waals surface area contributed by atoms with Crippen molar-refractivity contribution in [3.63, 3.8) is 0 Å². The van der Waals surface area contributed by atoms with E-state index >= 15 is 0 Å². The first-order valence-electron chi connectivity index (χ1n) is 5.23. The Hall–Kier alpha value is -0.350. The van der Waals surface area contributed by atoms with Gasteiger partial charge >= 0.3 is 11.0 Å². The lowest BCUT2D eigenvalue weighted by molar-refractivity contribution is -0.0338. The molecular weight excluding hydrogens is 406 g/mol. The molecule has 0 amide bonds. The van der Waals surface area contributed by atoms with Crippen LogP contribution in [-0.2, 0) is 0 Å². The van der Waals surface area contributed by atoms with Crippen molar-refractivity contribution >= 4 is 45.2 Å². The summed E-state index contributed by atoms with van der Waals surface area (Å²) in [5.41, 5.74) is -9.61. The molecule has 1 atom stereocenters. The summed E-state index contributed by atoms with van der Waals surface area (Å²) in [6, 6.07) is 2.60. The number of ketones is 1. The van der Waals surface area contributed by atoms with E-state index in [1.165, 1.54) is 6.92 Å². The second-order valence-corrected chi connectivity index (χ2v) is 7.35. The number of hydrogen-bond donors (Lipinski definition) is 0. The molecule has 0 aliphatic carbocycles. The highest BCUT2D eigenvalue weighted by molar-refractivity contribution is 9.10. The van der Waals surface area contributed by atoms with E-state index in [4.69, 9.17) is 0 Å². The second-order valence-electron chi connectivity index (χ2n) is 3.73. The Balaban J connectivity index is 3.23. The lowest BCUT2D eigenvalue weighted by Crippen LogP contribution is -2.13. The molecule has 21 heavy (non-hydrogen) atoms. The van der Waals surface area contributed by atoms with E-state index < -0.39 is 55.6 Å². The molecule has 0 spiro atoms. The lowest BCUT2D eigenvalue weighted by Gasteiger charge is -2.13. The van der Waals surface area contributed by atoms with Crippen LogP contribution in [0.15, 0.2) is 28.0 Å². The van der Waals surface area contributed by atoms with Gasteiger partial charge in [0.2, 0.25) is 0 Å². The first-order chi connectivity index (χ1) is 9.39. The van der Waals surface area contributed by atoms with Crippen molar-refractivity contribution in [2.24, 2.45) is 0 Å². The van der Waals surface area contributed by atoms with E-state index in [0.29, 0.717) is 0 Å². The molecule has 1 nitrogen and oxygen atoms in total. The average molecular weight is 413 g/mol. The van der Waals surface area contributed by atoms with Crippen LogP contribution in [0.2, 0.25) is 0 Å². The monoisotopic (exact) mass is 412 g/mol. The van der Waals surface area contributed by atoms with E-state index in [2.05, 4.69) is 15.9 Å². The molecule has 0 saturated carbocycles. The first kappa shape index (κ1) is 18.7. The highest BCUT2D eigenvalue weighted by Gasteiger charge is 2.33. The van der Waals surface area contributed by atoms with Crippen LogP contribution in [-0.4, -0.2) is 21.6 Å². The van der Waals surface area contributed by atoms with Crippen molar-refractivity contribution < 1.29 is 31.1 Å². The Morgan fingerprint density at radius 1 is 1.10 bits per heavy atom. The highest BCUT2D eigenvalue weighted by Crippen LogP contribution is 2.42. The quantitative estimate of drug-likeness (QED) is 0.266. The number of carbonyl (C=O) groups is 1. The summed E-state index contributed by atoms with van der Waals surface area (Å²) in [7, 11) is 0. The van der Waals surface area contributed by atoms with E-state index in [0.717, 1.165) is 18.2 Å². The van der Waals surface area contributed by atoms with Gasteiger partial charge in [-0.25, -0.2) is 0 Å². The number of alkyl halides is 7. The Morgan fingerprint density at radius 3 is 2.05 bits per heavy atom. The summed E-state index contributed by atoms with van der Waals surface area (Å²) in [6.07, 6.45) is 0. The number of rotatable bonds is 4. The van der Waals surface area contributed by atoms with Gasteiger partial charge < -0.3 is 0 Å². The van der Waals surface area contributed by atoms with Gasteiger partial charge in [0.25, 0.3) is 0 Å². The van der Waals surface area contributed by atoms with Gasteiger partial charge in [-0.1, -0.05) is 15.9 Å². The Labute approximate surface area is 133 Å². The maximum Gasteiger partial charge on any atom is 0.446 e. The summed E-state index contributed by atoms with van der Waals surface area (Å²) >= 11 is 1.89. The number of benzene rings is 1. The Morgan fingerprint density at radius 2 is 1.62 bits per heavy atom. The molecule has 0 radical (unpaired) electrons. The maximum atomic E-state index is 12.4. The molecule has 1 unspecified atom stereocenters. The van der Waals surface area contributed by atoms with Crippen molar-refractivity contribution in [1.82, 2.24) is 0 Å². The van der Waals surface area contributed by atoms with Crippen molar-refractivity contribution in [2.75, 3.05) is 0 Å². The third kappa shape index (κ3) is 6.52. The van der Waals surface area contributed by atoms with Gasteiger partial charge in [-0.05, 0) is 48.6 Å². The molecule has 0 aliphatic heterocycles. The third-order valence-corrected chi connectivity index (χ3v) is 3.98. The molecular formula is C11H7BrF6OS2. The third-order valence-electron chi connectivity index (χ3n) is 2.04. The van der Waals surface area contributed by atoms with E-state index in [-0.39, 0.29) is 4.90 Å². The van der Waals surface area contributed by atoms with Gasteiger partial charge in [0.15, 0.2) is 5.78 Å². The van der Waals surface area contributed by atoms with Crippen LogP contribution in [0.25, 0.3) is 0 Å². The largest absolute Gasteiger partial charge is 0.446 e. The number of thioether (sulfide) groups is 2. The van der Waals surface area contributed by atoms with Crippen molar-refractivity contribution in [3.8, 4) is 0 Å². The van der Waals surface area contributed by atoms with Crippen molar-refractivity contribution in [2.45, 2.75) is 32.6 Å². The zero-order chi connectivity index (χ0) is 16.4. The Bertz CT molecular complexity index is 526. The van der Waals surface area contributed by atoms with Crippen LogP contribution in [0.3, 0.4) is 0 Å². The minimum Gasteiger partial charge on any atom is -0.293 e. The van der Waals surface area contributed by atoms with Crippen molar-refractivity contribution in [1.29, 1.82) is 0 Å². The Kier molecular flexibility index (Phi) is 6.08. The zero-order valence-electron chi connectivity index (χ0n) is 10.2. The maximum absolute atomic E-state index is 12.4. The summed E-state index contributed by atoms with van der Waals surface area (Å²) in [5.74, 6) is -0.716. The van der Waals surface area contributed by atoms with E-state index in [1.54, 1.807) is 0 Å². The van der Waals surface area contributed by atoms with Crippen LogP contribution in [0, 0.1) is 0 Å². The smallest absolute Gasteiger partial charge is 0.293 e. The molecule has 0 N–H and O–H groups in total. The molecule has 0 fully saturated rings. The molecule has 0 aromatic heterocycles. The zero-order valence-corrected chi connectivity index (χ0v) is 13.4. The van der Waals surface area contributed by atoms with Gasteiger partial charge in [-0.3, -0.25) is 4.79 Å². The summed E-state index contributed by atoms with van der Waals surface area (Å²) in [6.45, 7) is 1.38. The average Bonchev–Trinajstić information content (AvgIpc) is 2.26. The van der Waals surface area contributed by atoms with Crippen LogP contribution >= 0.6 is 39.5 Å². The van der Waals surface area contributed by atoms with Gasteiger partial charge in [0.05, 0.1) is 4.83 Å². The fraction of sp³-hybridized carbons (Fsp3) is 0.364. The van der Waals surface area contributed by atoms with E-state index in [1.807, 2.05) is 0 Å². The number of carbonyl (C=O) groups excluding carboxylic acids is 1. The van der Waals surface area contributed by atoms with Crippen LogP contribution in [0.4, 0.5) is 26.3 Å². The van der Waals surface area contributed by atoms with Crippen LogP contribution < -0.4 is 0 Å². The number of Topliss-reactive ketones (excluding diaryl/α,β-unsaturated/α-hetero) is 1. The lowest BCUT2D eigenvalue weighted by atomic mass is 10.1. The minimum absolute atomic E-state index is 0.342. The van der Waals surface area contributed by atoms with Crippen molar-refractivity contribution in [3.05, 3.63) is 23.8 Å². The van der Waals surface area contributed by atoms with Crippen LogP contribution in [0.5, 0.6) is 0 Å². The molecule has 1 aromatic rings. The standard InChI is InChI=1S/C11H7BrF6OS2/c1-5(12)9(19)7-4-6(20-10(13,14)15)2-3-8(7)21-11(16,17)18/h2-5H,1H3. The minimum atomic E-state index is -4.64. The van der Waals surface area contributed by atoms with Crippen LogP contribution in [0.1, 0.15) is 17.3 Å². The predicted octanol–water partition coefficient (Wildman–Crippen LogP) is 5.88. The van der Waals surface area contributed by atoms with Gasteiger partial charge in [-0.15, -0.1) is 0 Å². The highest BCUT2D eigenvalue weighted by atomic mass is 79.9. The second kappa shape index (κ2) is 6.82. The number of halogens is 7. The summed E-state index contributed by atoms with van der Waals surface area (Å²) in [5, 5.41) is 0. The molecule has 0 heterocycles. The van der Waals surface area contributed by atoms with Gasteiger partial charge in [0, 0.05) is 15.4 Å². The van der Waals surface area contributed by atoms with Gasteiger partial charge in [-0.2, -0.15) is 26.3 Å². The molecule has 0 saturated heterocycles. The molecule has 0 aliphatic rings. The summed E-state index contributed by atoms with van der Waals surface area (Å²) in [4.78, 5) is 10.3. The molecule has 1 rings (SSSR count). The van der Waals surface area contributed by atoms with E-state index in [9.17, 15) is 31.1 Å².